The predicted octanol–water partition coefficient (Wildman–Crippen LogP) is 4.67. The Balaban J connectivity index is 1.95. The van der Waals surface area contributed by atoms with Gasteiger partial charge in [-0.05, 0) is 50.6 Å². The molecule has 4 nitrogen and oxygen atoms in total. The Labute approximate surface area is 138 Å². The third-order valence-electron chi connectivity index (χ3n) is 3.22. The normalized spacial score (nSPS) is 11.0. The second-order valence-corrected chi connectivity index (χ2v) is 6.52. The highest BCUT2D eigenvalue weighted by molar-refractivity contribution is 5.85. The minimum Gasteiger partial charge on any atom is -0.444 e. The van der Waals surface area contributed by atoms with Gasteiger partial charge in [0.05, 0.1) is 0 Å². The molecule has 23 heavy (non-hydrogen) atoms. The summed E-state index contributed by atoms with van der Waals surface area (Å²) in [5.74, 6) is 0. The van der Waals surface area contributed by atoms with E-state index in [9.17, 15) is 4.79 Å². The Hall–Kier alpha value is -2.49. The topological polar surface area (TPSA) is 41.6 Å². The number of hydrogen-bond acceptors (Lipinski definition) is 3. The monoisotopic (exact) mass is 312 g/mol. The van der Waals surface area contributed by atoms with Crippen LogP contribution in [0, 0.1) is 0 Å². The van der Waals surface area contributed by atoms with Crippen molar-refractivity contribution < 1.29 is 9.53 Å². The van der Waals surface area contributed by atoms with E-state index in [4.69, 9.17) is 4.74 Å². The van der Waals surface area contributed by atoms with Crippen molar-refractivity contribution in [1.29, 1.82) is 0 Å². The fraction of sp³-hybridized carbons (Fsp3) is 0.316. The van der Waals surface area contributed by atoms with Crippen LogP contribution < -0.4 is 10.2 Å². The highest BCUT2D eigenvalue weighted by atomic mass is 16.6. The highest BCUT2D eigenvalue weighted by Crippen LogP contribution is 2.19. The van der Waals surface area contributed by atoms with E-state index in [-0.39, 0.29) is 0 Å². The van der Waals surface area contributed by atoms with E-state index in [1.54, 1.807) is 0 Å². The van der Waals surface area contributed by atoms with Crippen LogP contribution in [0.1, 0.15) is 26.3 Å². The lowest BCUT2D eigenvalue weighted by Gasteiger charge is -2.21. The van der Waals surface area contributed by atoms with Gasteiger partial charge in [-0.25, -0.2) is 4.79 Å². The summed E-state index contributed by atoms with van der Waals surface area (Å²) in [7, 11) is 2.04. The first-order valence-corrected chi connectivity index (χ1v) is 7.69. The van der Waals surface area contributed by atoms with Crippen molar-refractivity contribution in [2.75, 3.05) is 17.3 Å². The third-order valence-corrected chi connectivity index (χ3v) is 3.22. The Morgan fingerprint density at radius 1 is 1.04 bits per heavy atom. The number of nitrogens with zero attached hydrogens (tertiary/aromatic N) is 1. The van der Waals surface area contributed by atoms with Crippen molar-refractivity contribution in [1.82, 2.24) is 0 Å². The Kier molecular flexibility index (Phi) is 5.27. The number of benzene rings is 2. The Bertz CT molecular complexity index is 631. The standard InChI is InChI=1S/C19H24N2O2/c1-19(2,3)23-18(22)20-16-10-12-17(13-11-16)21(4)14-15-8-6-5-7-9-15/h5-13H,14H2,1-4H3,(H,20,22). The quantitative estimate of drug-likeness (QED) is 0.892. The zero-order valence-corrected chi connectivity index (χ0v) is 14.2. The number of amides is 1. The minimum absolute atomic E-state index is 0.442. The summed E-state index contributed by atoms with van der Waals surface area (Å²) in [6, 6.07) is 18.0. The molecular formula is C19H24N2O2. The first kappa shape index (κ1) is 16.9. The molecule has 0 saturated heterocycles. The van der Waals surface area contributed by atoms with Crippen molar-refractivity contribution in [3.63, 3.8) is 0 Å². The molecule has 0 bridgehead atoms. The number of anilines is 2. The molecule has 1 amide bonds. The van der Waals surface area contributed by atoms with Gasteiger partial charge in [-0.2, -0.15) is 0 Å². The van der Waals surface area contributed by atoms with Crippen LogP contribution in [0.4, 0.5) is 16.2 Å². The van der Waals surface area contributed by atoms with E-state index in [0.29, 0.717) is 0 Å². The van der Waals surface area contributed by atoms with Crippen LogP contribution in [-0.2, 0) is 11.3 Å². The molecule has 0 radical (unpaired) electrons. The maximum atomic E-state index is 11.7. The van der Waals surface area contributed by atoms with Gasteiger partial charge < -0.3 is 9.64 Å². The SMILES string of the molecule is CN(Cc1ccccc1)c1ccc(NC(=O)OC(C)(C)C)cc1. The smallest absolute Gasteiger partial charge is 0.412 e. The Morgan fingerprint density at radius 2 is 1.65 bits per heavy atom. The van der Waals surface area contributed by atoms with E-state index in [1.165, 1.54) is 5.56 Å². The molecule has 2 rings (SSSR count). The van der Waals surface area contributed by atoms with Crippen LogP contribution in [0.25, 0.3) is 0 Å². The summed E-state index contributed by atoms with van der Waals surface area (Å²) in [5.41, 5.74) is 2.56. The predicted molar refractivity (Wildman–Crippen MR) is 94.8 cm³/mol. The summed E-state index contributed by atoms with van der Waals surface area (Å²) in [4.78, 5) is 13.9. The summed E-state index contributed by atoms with van der Waals surface area (Å²) in [6.07, 6.45) is -0.442. The van der Waals surface area contributed by atoms with Gasteiger partial charge in [-0.15, -0.1) is 0 Å². The van der Waals surface area contributed by atoms with E-state index < -0.39 is 11.7 Å². The summed E-state index contributed by atoms with van der Waals surface area (Å²) < 4.78 is 5.24. The first-order chi connectivity index (χ1) is 10.8. The molecule has 0 saturated carbocycles. The lowest BCUT2D eigenvalue weighted by Crippen LogP contribution is -2.27. The minimum atomic E-state index is -0.500. The van der Waals surface area contributed by atoms with Crippen molar-refractivity contribution in [2.45, 2.75) is 32.9 Å². The fourth-order valence-corrected chi connectivity index (χ4v) is 2.17. The number of carbonyl (C=O) groups excluding carboxylic acids is 1. The number of rotatable bonds is 4. The van der Waals surface area contributed by atoms with Crippen molar-refractivity contribution >= 4 is 17.5 Å². The molecule has 1 N–H and O–H groups in total. The zero-order chi connectivity index (χ0) is 16.9. The lowest BCUT2D eigenvalue weighted by molar-refractivity contribution is 0.0636. The molecule has 0 heterocycles. The van der Waals surface area contributed by atoms with Gasteiger partial charge in [0.15, 0.2) is 0 Å². The molecule has 0 aromatic heterocycles. The van der Waals surface area contributed by atoms with Crippen LogP contribution in [0.5, 0.6) is 0 Å². The van der Waals surface area contributed by atoms with Gasteiger partial charge in [0, 0.05) is 25.0 Å². The van der Waals surface area contributed by atoms with Gasteiger partial charge in [0.1, 0.15) is 5.60 Å². The molecule has 0 atom stereocenters. The highest BCUT2D eigenvalue weighted by Gasteiger charge is 2.16. The number of carbonyl (C=O) groups is 1. The van der Waals surface area contributed by atoms with E-state index in [0.717, 1.165) is 17.9 Å². The largest absolute Gasteiger partial charge is 0.444 e. The summed E-state index contributed by atoms with van der Waals surface area (Å²) >= 11 is 0. The summed E-state index contributed by atoms with van der Waals surface area (Å²) in [6.45, 7) is 6.36. The Morgan fingerprint density at radius 3 is 2.22 bits per heavy atom. The van der Waals surface area contributed by atoms with Gasteiger partial charge >= 0.3 is 6.09 Å². The summed E-state index contributed by atoms with van der Waals surface area (Å²) in [5, 5.41) is 2.73. The van der Waals surface area contributed by atoms with Gasteiger partial charge in [-0.1, -0.05) is 30.3 Å². The second kappa shape index (κ2) is 7.18. The average Bonchev–Trinajstić information content (AvgIpc) is 2.47. The molecule has 0 spiro atoms. The molecule has 2 aromatic rings. The molecule has 0 aliphatic heterocycles. The molecule has 0 unspecified atom stereocenters. The van der Waals surface area contributed by atoms with Gasteiger partial charge in [0.2, 0.25) is 0 Å². The third kappa shape index (κ3) is 5.66. The van der Waals surface area contributed by atoms with Gasteiger partial charge in [0.25, 0.3) is 0 Å². The number of hydrogen-bond donors (Lipinski definition) is 1. The van der Waals surface area contributed by atoms with Crippen LogP contribution in [0.2, 0.25) is 0 Å². The van der Waals surface area contributed by atoms with Gasteiger partial charge in [-0.3, -0.25) is 5.32 Å². The molecule has 122 valence electrons. The average molecular weight is 312 g/mol. The molecule has 4 heteroatoms. The van der Waals surface area contributed by atoms with E-state index >= 15 is 0 Å². The number of nitrogens with one attached hydrogen (secondary N) is 1. The molecular weight excluding hydrogens is 288 g/mol. The van der Waals surface area contributed by atoms with Crippen LogP contribution in [0.15, 0.2) is 54.6 Å². The first-order valence-electron chi connectivity index (χ1n) is 7.69. The fourth-order valence-electron chi connectivity index (χ4n) is 2.17. The van der Waals surface area contributed by atoms with Crippen molar-refractivity contribution in [3.05, 3.63) is 60.2 Å². The van der Waals surface area contributed by atoms with Crippen LogP contribution in [-0.4, -0.2) is 18.7 Å². The maximum Gasteiger partial charge on any atom is 0.412 e. The van der Waals surface area contributed by atoms with Crippen LogP contribution >= 0.6 is 0 Å². The molecule has 0 aliphatic rings. The van der Waals surface area contributed by atoms with E-state index in [2.05, 4.69) is 22.3 Å². The molecule has 2 aromatic carbocycles. The van der Waals surface area contributed by atoms with Crippen molar-refractivity contribution in [2.24, 2.45) is 0 Å². The molecule has 0 fully saturated rings. The van der Waals surface area contributed by atoms with E-state index in [1.807, 2.05) is 70.3 Å². The maximum absolute atomic E-state index is 11.7. The molecule has 0 aliphatic carbocycles. The van der Waals surface area contributed by atoms with Crippen LogP contribution in [0.3, 0.4) is 0 Å². The number of ether oxygens (including phenoxy) is 1. The lowest BCUT2D eigenvalue weighted by atomic mass is 10.2. The second-order valence-electron chi connectivity index (χ2n) is 6.52. The van der Waals surface area contributed by atoms with Crippen molar-refractivity contribution in [3.8, 4) is 0 Å². The zero-order valence-electron chi connectivity index (χ0n) is 14.2.